The van der Waals surface area contributed by atoms with Crippen molar-refractivity contribution in [2.75, 3.05) is 25.0 Å². The molecule has 8 heteroatoms. The molecule has 0 spiro atoms. The molecule has 24 heavy (non-hydrogen) atoms. The fourth-order valence-corrected chi connectivity index (χ4v) is 2.72. The number of aliphatic hydroxyl groups is 1. The minimum atomic E-state index is -0.678. The molecule has 1 aliphatic rings. The zero-order valence-corrected chi connectivity index (χ0v) is 14.5. The Hall–Kier alpha value is -1.99. The van der Waals surface area contributed by atoms with Crippen LogP contribution in [0.25, 0.3) is 0 Å². The number of amides is 3. The van der Waals surface area contributed by atoms with Gasteiger partial charge in [-0.25, -0.2) is 4.79 Å². The van der Waals surface area contributed by atoms with E-state index in [1.54, 1.807) is 18.2 Å². The van der Waals surface area contributed by atoms with Crippen molar-refractivity contribution in [2.45, 2.75) is 32.4 Å². The van der Waals surface area contributed by atoms with Gasteiger partial charge < -0.3 is 25.4 Å². The monoisotopic (exact) mass is 355 g/mol. The number of urea groups is 1. The van der Waals surface area contributed by atoms with Crippen LogP contribution in [0.2, 0.25) is 5.02 Å². The summed E-state index contributed by atoms with van der Waals surface area (Å²) in [5.41, 5.74) is 0.509. The Balaban J connectivity index is 2.08. The van der Waals surface area contributed by atoms with Crippen LogP contribution in [0.15, 0.2) is 18.2 Å². The lowest BCUT2D eigenvalue weighted by Gasteiger charge is -2.34. The number of nitrogens with one attached hydrogen (secondary N) is 2. The Morgan fingerprint density at radius 1 is 1.54 bits per heavy atom. The molecule has 132 valence electrons. The summed E-state index contributed by atoms with van der Waals surface area (Å²) in [6.07, 6.45) is 0.190. The largest absolute Gasteiger partial charge is 0.489 e. The Morgan fingerprint density at radius 3 is 2.92 bits per heavy atom. The Morgan fingerprint density at radius 2 is 2.29 bits per heavy atom. The maximum atomic E-state index is 12.5. The number of carbonyl (C=O) groups is 2. The van der Waals surface area contributed by atoms with Crippen LogP contribution in [-0.2, 0) is 4.79 Å². The lowest BCUT2D eigenvalue weighted by molar-refractivity contribution is -0.128. The fraction of sp³-hybridized carbons (Fsp3) is 0.500. The molecule has 0 radical (unpaired) electrons. The van der Waals surface area contributed by atoms with E-state index in [0.29, 0.717) is 29.5 Å². The first-order valence-corrected chi connectivity index (χ1v) is 8.22. The van der Waals surface area contributed by atoms with Crippen molar-refractivity contribution >= 4 is 29.2 Å². The van der Waals surface area contributed by atoms with E-state index in [2.05, 4.69) is 10.6 Å². The number of hydrogen-bond donors (Lipinski definition) is 3. The van der Waals surface area contributed by atoms with Crippen LogP contribution >= 0.6 is 11.6 Å². The molecule has 7 nitrogen and oxygen atoms in total. The van der Waals surface area contributed by atoms with Crippen molar-refractivity contribution in [3.8, 4) is 5.75 Å². The van der Waals surface area contributed by atoms with Crippen LogP contribution in [0.1, 0.15) is 20.3 Å². The Bertz CT molecular complexity index is 609. The highest BCUT2D eigenvalue weighted by molar-refractivity contribution is 6.32. The molecule has 3 N–H and O–H groups in total. The van der Waals surface area contributed by atoms with Gasteiger partial charge in [0.25, 0.3) is 0 Å². The van der Waals surface area contributed by atoms with Gasteiger partial charge in [0, 0.05) is 25.4 Å². The third kappa shape index (κ3) is 4.52. The first-order chi connectivity index (χ1) is 11.4. The third-order valence-electron chi connectivity index (χ3n) is 3.54. The maximum Gasteiger partial charge on any atom is 0.322 e. The number of nitrogens with zero attached hydrogens (tertiary/aromatic N) is 1. The third-order valence-corrected chi connectivity index (χ3v) is 3.84. The summed E-state index contributed by atoms with van der Waals surface area (Å²) >= 11 is 6.16. The minimum Gasteiger partial charge on any atom is -0.489 e. The maximum absolute atomic E-state index is 12.5. The number of ether oxygens (including phenoxy) is 1. The van der Waals surface area contributed by atoms with Gasteiger partial charge in [-0.1, -0.05) is 11.6 Å². The van der Waals surface area contributed by atoms with Crippen LogP contribution in [0.4, 0.5) is 10.5 Å². The van der Waals surface area contributed by atoms with Crippen LogP contribution in [0, 0.1) is 0 Å². The molecule has 0 bridgehead atoms. The number of piperazine rings is 1. The summed E-state index contributed by atoms with van der Waals surface area (Å²) in [6.45, 7) is 4.39. The smallest absolute Gasteiger partial charge is 0.322 e. The quantitative estimate of drug-likeness (QED) is 0.751. The minimum absolute atomic E-state index is 0.00552. The van der Waals surface area contributed by atoms with Crippen LogP contribution in [0.3, 0.4) is 0 Å². The summed E-state index contributed by atoms with van der Waals surface area (Å²) in [4.78, 5) is 25.7. The number of halogens is 1. The van der Waals surface area contributed by atoms with E-state index in [0.717, 1.165) is 0 Å². The van der Waals surface area contributed by atoms with E-state index in [9.17, 15) is 9.59 Å². The lowest BCUT2D eigenvalue weighted by atomic mass is 10.1. The molecule has 1 atom stereocenters. The molecule has 1 aromatic rings. The van der Waals surface area contributed by atoms with Crippen molar-refractivity contribution in [3.63, 3.8) is 0 Å². The van der Waals surface area contributed by atoms with Crippen LogP contribution in [0.5, 0.6) is 5.75 Å². The van der Waals surface area contributed by atoms with Crippen molar-refractivity contribution in [3.05, 3.63) is 23.2 Å². The van der Waals surface area contributed by atoms with E-state index in [-0.39, 0.29) is 25.0 Å². The molecule has 1 fully saturated rings. The van der Waals surface area contributed by atoms with E-state index in [1.165, 1.54) is 4.90 Å². The summed E-state index contributed by atoms with van der Waals surface area (Å²) in [5, 5.41) is 14.9. The molecule has 1 saturated heterocycles. The van der Waals surface area contributed by atoms with E-state index < -0.39 is 12.1 Å². The average molecular weight is 356 g/mol. The number of hydrogen-bond acceptors (Lipinski definition) is 4. The van der Waals surface area contributed by atoms with Gasteiger partial charge in [0.15, 0.2) is 0 Å². The number of anilines is 1. The molecule has 2 rings (SSSR count). The molecule has 1 aromatic carbocycles. The Kier molecular flexibility index (Phi) is 6.28. The highest BCUT2D eigenvalue weighted by Crippen LogP contribution is 2.28. The van der Waals surface area contributed by atoms with Gasteiger partial charge >= 0.3 is 6.03 Å². The van der Waals surface area contributed by atoms with E-state index in [1.807, 2.05) is 13.8 Å². The van der Waals surface area contributed by atoms with Gasteiger partial charge in [0.05, 0.1) is 11.1 Å². The highest BCUT2D eigenvalue weighted by atomic mass is 35.5. The number of benzene rings is 1. The molecular formula is C16H22ClN3O4. The van der Waals surface area contributed by atoms with Gasteiger partial charge in [-0.3, -0.25) is 4.79 Å². The van der Waals surface area contributed by atoms with Gasteiger partial charge in [-0.15, -0.1) is 0 Å². The lowest BCUT2D eigenvalue weighted by Crippen LogP contribution is -2.58. The van der Waals surface area contributed by atoms with Crippen molar-refractivity contribution in [1.29, 1.82) is 0 Å². The Labute approximate surface area is 145 Å². The molecule has 1 heterocycles. The van der Waals surface area contributed by atoms with Gasteiger partial charge in [0.1, 0.15) is 11.8 Å². The molecule has 3 amide bonds. The summed E-state index contributed by atoms with van der Waals surface area (Å²) in [7, 11) is 0. The van der Waals surface area contributed by atoms with Gasteiger partial charge in [-0.2, -0.15) is 0 Å². The second kappa shape index (κ2) is 8.21. The zero-order valence-electron chi connectivity index (χ0n) is 13.7. The molecular weight excluding hydrogens is 334 g/mol. The highest BCUT2D eigenvalue weighted by Gasteiger charge is 2.32. The summed E-state index contributed by atoms with van der Waals surface area (Å²) < 4.78 is 5.55. The van der Waals surface area contributed by atoms with Crippen molar-refractivity contribution in [1.82, 2.24) is 10.2 Å². The second-order valence-corrected chi connectivity index (χ2v) is 6.16. The van der Waals surface area contributed by atoms with Crippen molar-refractivity contribution < 1.29 is 19.4 Å². The predicted octanol–water partition coefficient (Wildman–Crippen LogP) is 1.84. The molecule has 0 aromatic heterocycles. The second-order valence-electron chi connectivity index (χ2n) is 5.75. The van der Waals surface area contributed by atoms with Crippen LogP contribution in [-0.4, -0.2) is 53.8 Å². The average Bonchev–Trinajstić information content (AvgIpc) is 2.51. The fourth-order valence-electron chi connectivity index (χ4n) is 2.49. The molecule has 0 aliphatic carbocycles. The van der Waals surface area contributed by atoms with Gasteiger partial charge in [0.2, 0.25) is 5.91 Å². The van der Waals surface area contributed by atoms with Gasteiger partial charge in [-0.05, 0) is 38.5 Å². The predicted molar refractivity (Wildman–Crippen MR) is 91.4 cm³/mol. The number of aliphatic hydroxyl groups excluding tert-OH is 1. The summed E-state index contributed by atoms with van der Waals surface area (Å²) in [5.74, 6) is 0.282. The van der Waals surface area contributed by atoms with Crippen LogP contribution < -0.4 is 15.4 Å². The number of rotatable bonds is 5. The standard InChI is InChI=1S/C16H22ClN3O4/c1-10(2)24-14-4-3-11(9-12(14)17)19-16(23)20-7-6-18-15(22)13(20)5-8-21/h3-4,9-10,13,21H,5-8H2,1-2H3,(H,18,22)(H,19,23)/t13-/m1/s1. The molecule has 1 aliphatic heterocycles. The number of carbonyl (C=O) groups excluding carboxylic acids is 2. The van der Waals surface area contributed by atoms with E-state index >= 15 is 0 Å². The topological polar surface area (TPSA) is 90.9 Å². The normalized spacial score (nSPS) is 17.6. The first-order valence-electron chi connectivity index (χ1n) is 7.84. The van der Waals surface area contributed by atoms with E-state index in [4.69, 9.17) is 21.4 Å². The summed E-state index contributed by atoms with van der Waals surface area (Å²) in [6, 6.07) is 3.89. The first kappa shape index (κ1) is 18.4. The molecule has 0 unspecified atom stereocenters. The molecule has 0 saturated carbocycles. The SMILES string of the molecule is CC(C)Oc1ccc(NC(=O)N2CCNC(=O)[C@H]2CCO)cc1Cl. The zero-order chi connectivity index (χ0) is 17.7. The van der Waals surface area contributed by atoms with Crippen molar-refractivity contribution in [2.24, 2.45) is 0 Å².